The predicted octanol–water partition coefficient (Wildman–Crippen LogP) is 4.30. The minimum absolute atomic E-state index is 0.297. The highest BCUT2D eigenvalue weighted by molar-refractivity contribution is 7.99. The average Bonchev–Trinajstić information content (AvgIpc) is 2.39. The van der Waals surface area contributed by atoms with Crippen LogP contribution >= 0.6 is 23.4 Å². The van der Waals surface area contributed by atoms with Gasteiger partial charge in [0.15, 0.2) is 5.44 Å². The van der Waals surface area contributed by atoms with Crippen LogP contribution in [-0.2, 0) is 4.74 Å². The van der Waals surface area contributed by atoms with Gasteiger partial charge < -0.3 is 4.74 Å². The van der Waals surface area contributed by atoms with E-state index in [1.165, 1.54) is 11.8 Å². The number of halogens is 1. The van der Waals surface area contributed by atoms with Crippen LogP contribution in [0.3, 0.4) is 0 Å². The maximum Gasteiger partial charge on any atom is 0.340 e. The maximum absolute atomic E-state index is 11.9. The molecule has 0 spiro atoms. The molecule has 0 aliphatic carbocycles. The first-order chi connectivity index (χ1) is 8.75. The highest BCUT2D eigenvalue weighted by Crippen LogP contribution is 2.44. The number of cyclic esters (lactones) is 1. The Balaban J connectivity index is 2.00. The molecule has 1 aliphatic rings. The van der Waals surface area contributed by atoms with E-state index in [-0.39, 0.29) is 11.4 Å². The Morgan fingerprint density at radius 1 is 1.06 bits per heavy atom. The lowest BCUT2D eigenvalue weighted by atomic mass is 10.2. The summed E-state index contributed by atoms with van der Waals surface area (Å²) in [6, 6.07) is 14.8. The number of hydrogen-bond acceptors (Lipinski definition) is 3. The van der Waals surface area contributed by atoms with Gasteiger partial charge in [-0.15, -0.1) is 0 Å². The van der Waals surface area contributed by atoms with Crippen LogP contribution in [0.25, 0.3) is 0 Å². The molecule has 0 aromatic heterocycles. The lowest BCUT2D eigenvalue weighted by Crippen LogP contribution is -2.15. The Morgan fingerprint density at radius 3 is 2.61 bits per heavy atom. The first kappa shape index (κ1) is 11.6. The van der Waals surface area contributed by atoms with Crippen molar-refractivity contribution in [2.75, 3.05) is 0 Å². The summed E-state index contributed by atoms with van der Waals surface area (Å²) in [7, 11) is 0. The predicted molar refractivity (Wildman–Crippen MR) is 71.9 cm³/mol. The zero-order valence-electron chi connectivity index (χ0n) is 9.30. The normalized spacial score (nSPS) is 18.1. The standard InChI is InChI=1S/C14H9ClO2S/c15-11-7-3-1-5-9(11)14-17-13(16)10-6-2-4-8-12(10)18-14/h1-8,14H/t14-/m1/s1. The Kier molecular flexibility index (Phi) is 3.02. The molecule has 0 amide bonds. The SMILES string of the molecule is O=C1O[C@@H](c2ccccc2Cl)Sc2ccccc21. The second-order valence-electron chi connectivity index (χ2n) is 3.87. The van der Waals surface area contributed by atoms with Crippen LogP contribution in [0.4, 0.5) is 0 Å². The third kappa shape index (κ3) is 2.00. The molecular weight excluding hydrogens is 268 g/mol. The van der Waals surface area contributed by atoms with E-state index >= 15 is 0 Å². The van der Waals surface area contributed by atoms with Gasteiger partial charge in [-0.3, -0.25) is 0 Å². The van der Waals surface area contributed by atoms with Gasteiger partial charge in [-0.2, -0.15) is 0 Å². The largest absolute Gasteiger partial charge is 0.442 e. The van der Waals surface area contributed by atoms with Crippen LogP contribution in [0.5, 0.6) is 0 Å². The number of rotatable bonds is 1. The Morgan fingerprint density at radius 2 is 1.78 bits per heavy atom. The number of carbonyl (C=O) groups is 1. The van der Waals surface area contributed by atoms with Gasteiger partial charge in [-0.1, -0.05) is 53.7 Å². The third-order valence-corrected chi connectivity index (χ3v) is 4.23. The van der Waals surface area contributed by atoms with Crippen molar-refractivity contribution in [2.24, 2.45) is 0 Å². The van der Waals surface area contributed by atoms with Gasteiger partial charge in [0.25, 0.3) is 0 Å². The summed E-state index contributed by atoms with van der Waals surface area (Å²) in [4.78, 5) is 12.8. The highest BCUT2D eigenvalue weighted by atomic mass is 35.5. The molecule has 0 bridgehead atoms. The van der Waals surface area contributed by atoms with Gasteiger partial charge >= 0.3 is 5.97 Å². The van der Waals surface area contributed by atoms with E-state index < -0.39 is 0 Å². The van der Waals surface area contributed by atoms with Crippen molar-refractivity contribution in [2.45, 2.75) is 10.3 Å². The summed E-state index contributed by atoms with van der Waals surface area (Å²) in [6.45, 7) is 0. The highest BCUT2D eigenvalue weighted by Gasteiger charge is 2.28. The van der Waals surface area contributed by atoms with E-state index in [1.54, 1.807) is 12.1 Å². The first-order valence-corrected chi connectivity index (χ1v) is 6.72. The van der Waals surface area contributed by atoms with E-state index in [1.807, 2.05) is 36.4 Å². The number of ether oxygens (including phenoxy) is 1. The molecule has 1 heterocycles. The van der Waals surface area contributed by atoms with E-state index in [2.05, 4.69) is 0 Å². The molecule has 0 saturated heterocycles. The molecule has 2 nitrogen and oxygen atoms in total. The third-order valence-electron chi connectivity index (χ3n) is 2.71. The molecule has 2 aromatic carbocycles. The zero-order valence-corrected chi connectivity index (χ0v) is 10.9. The second-order valence-corrected chi connectivity index (χ2v) is 5.38. The lowest BCUT2D eigenvalue weighted by Gasteiger charge is -2.24. The van der Waals surface area contributed by atoms with Crippen LogP contribution in [0, 0.1) is 0 Å². The minimum atomic E-state index is -0.374. The molecule has 0 N–H and O–H groups in total. The monoisotopic (exact) mass is 276 g/mol. The average molecular weight is 277 g/mol. The van der Waals surface area contributed by atoms with Gasteiger partial charge in [0.1, 0.15) is 0 Å². The topological polar surface area (TPSA) is 26.3 Å². The number of hydrogen-bond donors (Lipinski definition) is 0. The molecular formula is C14H9ClO2S. The maximum atomic E-state index is 11.9. The summed E-state index contributed by atoms with van der Waals surface area (Å²) in [5.74, 6) is -0.297. The van der Waals surface area contributed by atoms with Crippen LogP contribution < -0.4 is 0 Å². The summed E-state index contributed by atoms with van der Waals surface area (Å²) in [6.07, 6.45) is 0. The quantitative estimate of drug-likeness (QED) is 0.727. The fourth-order valence-corrected chi connectivity index (χ4v) is 3.26. The van der Waals surface area contributed by atoms with Crippen LogP contribution in [0.1, 0.15) is 21.4 Å². The molecule has 0 unspecified atom stereocenters. The van der Waals surface area contributed by atoms with Crippen molar-refractivity contribution < 1.29 is 9.53 Å². The number of benzene rings is 2. The number of fused-ring (bicyclic) bond motifs is 1. The second kappa shape index (κ2) is 4.67. The van der Waals surface area contributed by atoms with E-state index in [0.717, 1.165) is 10.5 Å². The van der Waals surface area contributed by atoms with Gasteiger partial charge in [0.2, 0.25) is 0 Å². The minimum Gasteiger partial charge on any atom is -0.442 e. The zero-order chi connectivity index (χ0) is 12.5. The van der Waals surface area contributed by atoms with Gasteiger partial charge in [0, 0.05) is 15.5 Å². The summed E-state index contributed by atoms with van der Waals surface area (Å²) in [5, 5.41) is 0.613. The number of thioether (sulfide) groups is 1. The lowest BCUT2D eigenvalue weighted by molar-refractivity contribution is 0.0440. The fourth-order valence-electron chi connectivity index (χ4n) is 1.83. The molecule has 1 aliphatic heterocycles. The van der Waals surface area contributed by atoms with Crippen molar-refractivity contribution in [1.82, 2.24) is 0 Å². The Hall–Kier alpha value is -1.45. The molecule has 90 valence electrons. The molecule has 1 atom stereocenters. The van der Waals surface area contributed by atoms with Crippen molar-refractivity contribution in [3.05, 3.63) is 64.7 Å². The van der Waals surface area contributed by atoms with Gasteiger partial charge in [-0.25, -0.2) is 4.79 Å². The van der Waals surface area contributed by atoms with Crippen molar-refractivity contribution in [3.63, 3.8) is 0 Å². The number of esters is 1. The van der Waals surface area contributed by atoms with Crippen LogP contribution in [0.2, 0.25) is 5.02 Å². The molecule has 18 heavy (non-hydrogen) atoms. The molecule has 3 rings (SSSR count). The molecule has 0 saturated carbocycles. The summed E-state index contributed by atoms with van der Waals surface area (Å²) in [5.41, 5.74) is 1.07. The van der Waals surface area contributed by atoms with Crippen molar-refractivity contribution in [1.29, 1.82) is 0 Å². The van der Waals surface area contributed by atoms with Gasteiger partial charge in [-0.05, 0) is 18.2 Å². The van der Waals surface area contributed by atoms with E-state index in [0.29, 0.717) is 10.6 Å². The van der Waals surface area contributed by atoms with Gasteiger partial charge in [0.05, 0.1) is 5.56 Å². The van der Waals surface area contributed by atoms with Crippen molar-refractivity contribution in [3.8, 4) is 0 Å². The van der Waals surface area contributed by atoms with E-state index in [9.17, 15) is 4.79 Å². The fraction of sp³-hybridized carbons (Fsp3) is 0.0714. The van der Waals surface area contributed by atoms with E-state index in [4.69, 9.17) is 16.3 Å². The summed E-state index contributed by atoms with van der Waals surface area (Å²) < 4.78 is 5.42. The van der Waals surface area contributed by atoms with Crippen molar-refractivity contribution >= 4 is 29.3 Å². The smallest absolute Gasteiger partial charge is 0.340 e. The molecule has 0 fully saturated rings. The van der Waals surface area contributed by atoms with Crippen LogP contribution in [-0.4, -0.2) is 5.97 Å². The number of carbonyl (C=O) groups excluding carboxylic acids is 1. The first-order valence-electron chi connectivity index (χ1n) is 5.47. The Labute approximate surface area is 114 Å². The summed E-state index contributed by atoms with van der Waals surface area (Å²) >= 11 is 7.63. The molecule has 0 radical (unpaired) electrons. The Bertz CT molecular complexity index is 612. The van der Waals surface area contributed by atoms with Crippen LogP contribution in [0.15, 0.2) is 53.4 Å². The molecule has 2 aromatic rings. The molecule has 4 heteroatoms.